The predicted octanol–water partition coefficient (Wildman–Crippen LogP) is 3.58. The Hall–Kier alpha value is -1.02. The van der Waals surface area contributed by atoms with Gasteiger partial charge in [-0.05, 0) is 37.4 Å². The summed E-state index contributed by atoms with van der Waals surface area (Å²) in [6.07, 6.45) is 1.16. The molecule has 1 atom stereocenters. The summed E-state index contributed by atoms with van der Waals surface area (Å²) < 4.78 is 5.89. The van der Waals surface area contributed by atoms with E-state index in [1.165, 1.54) is 5.56 Å². The molecule has 0 amide bonds. The highest BCUT2D eigenvalue weighted by atomic mass is 16.5. The van der Waals surface area contributed by atoms with Gasteiger partial charge in [0.2, 0.25) is 0 Å². The van der Waals surface area contributed by atoms with Crippen molar-refractivity contribution in [1.82, 2.24) is 5.32 Å². The summed E-state index contributed by atoms with van der Waals surface area (Å²) in [5.74, 6) is 1.53. The van der Waals surface area contributed by atoms with Crippen LogP contribution in [0.2, 0.25) is 0 Å². The fraction of sp³-hybridized carbons (Fsp3) is 0.600. The van der Waals surface area contributed by atoms with Crippen molar-refractivity contribution in [1.29, 1.82) is 0 Å². The first-order chi connectivity index (χ1) is 8.15. The summed E-state index contributed by atoms with van der Waals surface area (Å²) in [6.45, 7) is 10.5. The van der Waals surface area contributed by atoms with E-state index in [4.69, 9.17) is 4.74 Å². The van der Waals surface area contributed by atoms with E-state index in [0.717, 1.165) is 25.3 Å². The predicted molar refractivity (Wildman–Crippen MR) is 73.8 cm³/mol. The lowest BCUT2D eigenvalue weighted by atomic mass is 10.0. The largest absolute Gasteiger partial charge is 0.492 e. The van der Waals surface area contributed by atoms with Crippen molar-refractivity contribution in [2.45, 2.75) is 46.1 Å². The van der Waals surface area contributed by atoms with Crippen LogP contribution in [-0.2, 0) is 0 Å². The van der Waals surface area contributed by atoms with Gasteiger partial charge in [-0.3, -0.25) is 0 Å². The molecule has 1 unspecified atom stereocenters. The van der Waals surface area contributed by atoms with Crippen molar-refractivity contribution in [3.63, 3.8) is 0 Å². The number of nitrogens with one attached hydrogen (secondary N) is 1. The van der Waals surface area contributed by atoms with Crippen LogP contribution in [0.4, 0.5) is 0 Å². The molecule has 0 aliphatic carbocycles. The Bertz CT molecular complexity index is 322. The number of rotatable bonds is 7. The highest BCUT2D eigenvalue weighted by Crippen LogP contribution is 2.25. The highest BCUT2D eigenvalue weighted by molar-refractivity contribution is 5.35. The summed E-state index contributed by atoms with van der Waals surface area (Å²) >= 11 is 0. The molecule has 0 aromatic heterocycles. The lowest BCUT2D eigenvalue weighted by Crippen LogP contribution is -2.32. The third-order valence-electron chi connectivity index (χ3n) is 2.77. The standard InChI is InChI=1S/C15H25NO/c1-5-10-16-13(4)11-17-15-9-7-6-8-14(15)12(2)3/h6-9,12-13,16H,5,10-11H2,1-4H3. The molecule has 0 aliphatic rings. The maximum absolute atomic E-state index is 5.89. The monoisotopic (exact) mass is 235 g/mol. The van der Waals surface area contributed by atoms with Crippen LogP contribution in [0.25, 0.3) is 0 Å². The van der Waals surface area contributed by atoms with Crippen LogP contribution in [0.3, 0.4) is 0 Å². The first kappa shape index (κ1) is 14.0. The van der Waals surface area contributed by atoms with Crippen LogP contribution in [0.1, 0.15) is 45.6 Å². The average molecular weight is 235 g/mol. The molecule has 17 heavy (non-hydrogen) atoms. The van der Waals surface area contributed by atoms with Crippen molar-refractivity contribution in [2.75, 3.05) is 13.2 Å². The summed E-state index contributed by atoms with van der Waals surface area (Å²) in [4.78, 5) is 0. The Labute approximate surface area is 105 Å². The van der Waals surface area contributed by atoms with E-state index in [2.05, 4.69) is 51.2 Å². The van der Waals surface area contributed by atoms with Gasteiger partial charge in [0.1, 0.15) is 12.4 Å². The van der Waals surface area contributed by atoms with Gasteiger partial charge < -0.3 is 10.1 Å². The molecule has 0 radical (unpaired) electrons. The normalized spacial score (nSPS) is 12.8. The Balaban J connectivity index is 2.51. The van der Waals surface area contributed by atoms with Gasteiger partial charge in [-0.25, -0.2) is 0 Å². The van der Waals surface area contributed by atoms with Crippen molar-refractivity contribution < 1.29 is 4.74 Å². The molecular formula is C15H25NO. The van der Waals surface area contributed by atoms with Crippen LogP contribution >= 0.6 is 0 Å². The number of ether oxygens (including phenoxy) is 1. The summed E-state index contributed by atoms with van der Waals surface area (Å²) in [5, 5.41) is 3.43. The van der Waals surface area contributed by atoms with Gasteiger partial charge >= 0.3 is 0 Å². The average Bonchev–Trinajstić information content (AvgIpc) is 2.34. The fourth-order valence-corrected chi connectivity index (χ4v) is 1.75. The van der Waals surface area contributed by atoms with E-state index < -0.39 is 0 Å². The molecule has 1 N–H and O–H groups in total. The maximum Gasteiger partial charge on any atom is 0.122 e. The zero-order valence-electron chi connectivity index (χ0n) is 11.5. The molecule has 1 aromatic carbocycles. The summed E-state index contributed by atoms with van der Waals surface area (Å²) in [5.41, 5.74) is 1.29. The number of hydrogen-bond acceptors (Lipinski definition) is 2. The van der Waals surface area contributed by atoms with Crippen LogP contribution in [0.5, 0.6) is 5.75 Å². The molecule has 0 fully saturated rings. The molecule has 1 aromatic rings. The minimum atomic E-state index is 0.398. The second kappa shape index (κ2) is 7.33. The van der Waals surface area contributed by atoms with Gasteiger partial charge in [-0.2, -0.15) is 0 Å². The van der Waals surface area contributed by atoms with E-state index in [0.29, 0.717) is 12.0 Å². The van der Waals surface area contributed by atoms with Crippen molar-refractivity contribution in [3.05, 3.63) is 29.8 Å². The molecule has 0 saturated carbocycles. The Morgan fingerprint density at radius 2 is 1.88 bits per heavy atom. The quantitative estimate of drug-likeness (QED) is 0.780. The lowest BCUT2D eigenvalue weighted by Gasteiger charge is -2.17. The zero-order valence-corrected chi connectivity index (χ0v) is 11.5. The molecule has 2 nitrogen and oxygen atoms in total. The zero-order chi connectivity index (χ0) is 12.7. The van der Waals surface area contributed by atoms with Crippen molar-refractivity contribution in [2.24, 2.45) is 0 Å². The van der Waals surface area contributed by atoms with Crippen molar-refractivity contribution >= 4 is 0 Å². The van der Waals surface area contributed by atoms with E-state index in [1.807, 2.05) is 6.07 Å². The topological polar surface area (TPSA) is 21.3 Å². The minimum Gasteiger partial charge on any atom is -0.492 e. The van der Waals surface area contributed by atoms with Crippen molar-refractivity contribution in [3.8, 4) is 5.75 Å². The second-order valence-electron chi connectivity index (χ2n) is 4.86. The van der Waals surface area contributed by atoms with Crippen LogP contribution in [0, 0.1) is 0 Å². The van der Waals surface area contributed by atoms with Gasteiger partial charge in [0.25, 0.3) is 0 Å². The molecule has 0 spiro atoms. The maximum atomic E-state index is 5.89. The Morgan fingerprint density at radius 1 is 1.18 bits per heavy atom. The van der Waals surface area contributed by atoms with E-state index >= 15 is 0 Å². The van der Waals surface area contributed by atoms with Gasteiger partial charge in [-0.15, -0.1) is 0 Å². The molecule has 2 heteroatoms. The number of benzene rings is 1. The van der Waals surface area contributed by atoms with Gasteiger partial charge in [0.15, 0.2) is 0 Å². The van der Waals surface area contributed by atoms with E-state index in [1.54, 1.807) is 0 Å². The summed E-state index contributed by atoms with van der Waals surface area (Å²) in [7, 11) is 0. The van der Waals surface area contributed by atoms with E-state index in [9.17, 15) is 0 Å². The molecule has 0 aliphatic heterocycles. The molecule has 0 saturated heterocycles. The molecular weight excluding hydrogens is 210 g/mol. The van der Waals surface area contributed by atoms with Crippen LogP contribution < -0.4 is 10.1 Å². The minimum absolute atomic E-state index is 0.398. The Kier molecular flexibility index (Phi) is 6.06. The second-order valence-corrected chi connectivity index (χ2v) is 4.86. The Morgan fingerprint density at radius 3 is 2.53 bits per heavy atom. The highest BCUT2D eigenvalue weighted by Gasteiger charge is 2.08. The fourth-order valence-electron chi connectivity index (χ4n) is 1.75. The van der Waals surface area contributed by atoms with Gasteiger partial charge in [0, 0.05) is 6.04 Å². The smallest absolute Gasteiger partial charge is 0.122 e. The third kappa shape index (κ3) is 4.78. The third-order valence-corrected chi connectivity index (χ3v) is 2.77. The molecule has 0 heterocycles. The van der Waals surface area contributed by atoms with E-state index in [-0.39, 0.29) is 0 Å². The van der Waals surface area contributed by atoms with Gasteiger partial charge in [0.05, 0.1) is 0 Å². The van der Waals surface area contributed by atoms with Gasteiger partial charge in [-0.1, -0.05) is 39.0 Å². The first-order valence-corrected chi connectivity index (χ1v) is 6.60. The first-order valence-electron chi connectivity index (χ1n) is 6.60. The van der Waals surface area contributed by atoms with Crippen LogP contribution in [0.15, 0.2) is 24.3 Å². The SMILES string of the molecule is CCCNC(C)COc1ccccc1C(C)C. The summed E-state index contributed by atoms with van der Waals surface area (Å²) in [6, 6.07) is 8.70. The lowest BCUT2D eigenvalue weighted by molar-refractivity contribution is 0.270. The molecule has 96 valence electrons. The number of hydrogen-bond donors (Lipinski definition) is 1. The number of para-hydroxylation sites is 1. The molecule has 0 bridgehead atoms. The molecule has 1 rings (SSSR count). The van der Waals surface area contributed by atoms with Crippen LogP contribution in [-0.4, -0.2) is 19.2 Å².